The molecule has 0 bridgehead atoms. The maximum absolute atomic E-state index is 11.8. The lowest BCUT2D eigenvalue weighted by Gasteiger charge is -2.20. The lowest BCUT2D eigenvalue weighted by molar-refractivity contribution is 0.0601. The summed E-state index contributed by atoms with van der Waals surface area (Å²) >= 11 is 6.83. The zero-order chi connectivity index (χ0) is 14.4. The molecule has 0 spiro atoms. The fourth-order valence-electron chi connectivity index (χ4n) is 1.66. The molecule has 0 saturated carbocycles. The van der Waals surface area contributed by atoms with Crippen LogP contribution >= 0.6 is 31.9 Å². The highest BCUT2D eigenvalue weighted by molar-refractivity contribution is 9.11. The van der Waals surface area contributed by atoms with E-state index in [2.05, 4.69) is 44.1 Å². The molecule has 6 heteroatoms. The van der Waals surface area contributed by atoms with Crippen molar-refractivity contribution in [1.29, 1.82) is 0 Å². The molecule has 0 heterocycles. The molecule has 1 aromatic carbocycles. The fourth-order valence-corrected chi connectivity index (χ4v) is 3.00. The molecule has 1 atom stereocenters. The number of halogens is 2. The zero-order valence-electron chi connectivity index (χ0n) is 11.1. The molecule has 0 radical (unpaired) electrons. The van der Waals surface area contributed by atoms with E-state index in [-0.39, 0.29) is 12.0 Å². The predicted molar refractivity (Wildman–Crippen MR) is 82.8 cm³/mol. The van der Waals surface area contributed by atoms with Crippen LogP contribution in [0.25, 0.3) is 0 Å². The number of hydrogen-bond acceptors (Lipinski definition) is 4. The van der Waals surface area contributed by atoms with Gasteiger partial charge in [-0.05, 0) is 34.5 Å². The minimum Gasteiger partial charge on any atom is -0.465 e. The lowest BCUT2D eigenvalue weighted by atomic mass is 10.1. The quantitative estimate of drug-likeness (QED) is 0.744. The number of rotatable bonds is 6. The minimum absolute atomic E-state index is 0.130. The van der Waals surface area contributed by atoms with Gasteiger partial charge in [0.1, 0.15) is 0 Å². The molecule has 1 rings (SSSR count). The second-order valence-corrected chi connectivity index (χ2v) is 5.78. The number of esters is 1. The maximum atomic E-state index is 11.8. The van der Waals surface area contributed by atoms with Crippen LogP contribution < -0.4 is 5.32 Å². The Morgan fingerprint density at radius 2 is 2.05 bits per heavy atom. The van der Waals surface area contributed by atoms with E-state index >= 15 is 0 Å². The standard InChI is InChI=1S/C13H17Br2NO3/c1-4-9(7-18-2)16-12-10(13(17)19-3)5-8(14)6-11(12)15/h5-6,9,16H,4,7H2,1-3H3. The number of ether oxygens (including phenoxy) is 2. The van der Waals surface area contributed by atoms with Crippen LogP contribution in [0, 0.1) is 0 Å². The van der Waals surface area contributed by atoms with Crippen LogP contribution in [0.1, 0.15) is 23.7 Å². The van der Waals surface area contributed by atoms with Crippen molar-refractivity contribution >= 4 is 43.5 Å². The lowest BCUT2D eigenvalue weighted by Crippen LogP contribution is -2.25. The summed E-state index contributed by atoms with van der Waals surface area (Å²) in [5.41, 5.74) is 1.21. The summed E-state index contributed by atoms with van der Waals surface area (Å²) in [5.74, 6) is -0.378. The Kier molecular flexibility index (Phi) is 6.82. The second-order valence-electron chi connectivity index (χ2n) is 4.01. The molecule has 1 N–H and O–H groups in total. The molecule has 0 fully saturated rings. The van der Waals surface area contributed by atoms with Gasteiger partial charge in [0, 0.05) is 22.1 Å². The van der Waals surface area contributed by atoms with Crippen molar-refractivity contribution in [1.82, 2.24) is 0 Å². The summed E-state index contributed by atoms with van der Waals surface area (Å²) in [6.07, 6.45) is 0.886. The van der Waals surface area contributed by atoms with E-state index in [1.807, 2.05) is 6.07 Å². The number of carbonyl (C=O) groups excluding carboxylic acids is 1. The number of benzene rings is 1. The van der Waals surface area contributed by atoms with Crippen LogP contribution in [-0.4, -0.2) is 32.8 Å². The van der Waals surface area contributed by atoms with Gasteiger partial charge in [0.25, 0.3) is 0 Å². The monoisotopic (exact) mass is 393 g/mol. The Hall–Kier alpha value is -0.590. The topological polar surface area (TPSA) is 47.6 Å². The number of hydrogen-bond donors (Lipinski definition) is 1. The Bertz CT molecular complexity index is 452. The van der Waals surface area contributed by atoms with Crippen LogP contribution in [-0.2, 0) is 9.47 Å². The van der Waals surface area contributed by atoms with Crippen molar-refractivity contribution in [3.05, 3.63) is 26.6 Å². The van der Waals surface area contributed by atoms with Gasteiger partial charge in [0.05, 0.1) is 25.0 Å². The summed E-state index contributed by atoms with van der Waals surface area (Å²) in [5, 5.41) is 3.32. The van der Waals surface area contributed by atoms with E-state index < -0.39 is 0 Å². The van der Waals surface area contributed by atoms with Gasteiger partial charge >= 0.3 is 5.97 Å². The molecule has 106 valence electrons. The Labute approximate surface area is 130 Å². The van der Waals surface area contributed by atoms with Gasteiger partial charge < -0.3 is 14.8 Å². The van der Waals surface area contributed by atoms with Gasteiger partial charge in [-0.25, -0.2) is 4.79 Å². The largest absolute Gasteiger partial charge is 0.465 e. The Morgan fingerprint density at radius 3 is 2.58 bits per heavy atom. The third-order valence-electron chi connectivity index (χ3n) is 2.67. The van der Waals surface area contributed by atoms with Gasteiger partial charge in [-0.2, -0.15) is 0 Å². The number of nitrogens with one attached hydrogen (secondary N) is 1. The van der Waals surface area contributed by atoms with Gasteiger partial charge in [0.15, 0.2) is 0 Å². The first-order valence-corrected chi connectivity index (χ1v) is 7.44. The molecule has 1 aromatic rings. The van der Waals surface area contributed by atoms with Crippen LogP contribution in [0.15, 0.2) is 21.1 Å². The predicted octanol–water partition coefficient (Wildman–Crippen LogP) is 3.84. The molecular weight excluding hydrogens is 378 g/mol. The fraction of sp³-hybridized carbons (Fsp3) is 0.462. The van der Waals surface area contributed by atoms with Gasteiger partial charge in [0.2, 0.25) is 0 Å². The highest BCUT2D eigenvalue weighted by Gasteiger charge is 2.18. The molecule has 0 aliphatic heterocycles. The van der Waals surface area contributed by atoms with Crippen molar-refractivity contribution in [3.63, 3.8) is 0 Å². The highest BCUT2D eigenvalue weighted by Crippen LogP contribution is 2.32. The number of carbonyl (C=O) groups is 1. The van der Waals surface area contributed by atoms with Crippen LogP contribution in [0.2, 0.25) is 0 Å². The molecule has 0 aliphatic carbocycles. The average molecular weight is 395 g/mol. The first-order chi connectivity index (χ1) is 9.03. The average Bonchev–Trinajstić information content (AvgIpc) is 2.39. The minimum atomic E-state index is -0.378. The molecule has 0 saturated heterocycles. The van der Waals surface area contributed by atoms with Crippen LogP contribution in [0.5, 0.6) is 0 Å². The highest BCUT2D eigenvalue weighted by atomic mass is 79.9. The van der Waals surface area contributed by atoms with Crippen LogP contribution in [0.3, 0.4) is 0 Å². The third kappa shape index (κ3) is 4.47. The normalized spacial score (nSPS) is 12.1. The van der Waals surface area contributed by atoms with Crippen molar-refractivity contribution in [3.8, 4) is 0 Å². The van der Waals surface area contributed by atoms with E-state index in [1.54, 1.807) is 13.2 Å². The summed E-state index contributed by atoms with van der Waals surface area (Å²) in [6.45, 7) is 2.63. The van der Waals surface area contributed by atoms with E-state index in [4.69, 9.17) is 9.47 Å². The van der Waals surface area contributed by atoms with Crippen LogP contribution in [0.4, 0.5) is 5.69 Å². The Balaban J connectivity index is 3.13. The summed E-state index contributed by atoms with van der Waals surface area (Å²) in [7, 11) is 3.02. The van der Waals surface area contributed by atoms with Gasteiger partial charge in [-0.15, -0.1) is 0 Å². The number of anilines is 1. The summed E-state index contributed by atoms with van der Waals surface area (Å²) < 4.78 is 11.6. The molecule has 0 amide bonds. The summed E-state index contributed by atoms with van der Waals surface area (Å²) in [6, 6.07) is 3.75. The van der Waals surface area contributed by atoms with E-state index in [0.29, 0.717) is 12.2 Å². The summed E-state index contributed by atoms with van der Waals surface area (Å²) in [4.78, 5) is 11.8. The molecule has 4 nitrogen and oxygen atoms in total. The van der Waals surface area contributed by atoms with Crippen molar-refractivity contribution in [2.45, 2.75) is 19.4 Å². The smallest absolute Gasteiger partial charge is 0.340 e. The molecule has 0 aromatic heterocycles. The molecule has 1 unspecified atom stereocenters. The number of methoxy groups -OCH3 is 2. The Morgan fingerprint density at radius 1 is 1.37 bits per heavy atom. The maximum Gasteiger partial charge on any atom is 0.340 e. The van der Waals surface area contributed by atoms with E-state index in [1.165, 1.54) is 7.11 Å². The molecular formula is C13H17Br2NO3. The van der Waals surface area contributed by atoms with Crippen molar-refractivity contribution in [2.24, 2.45) is 0 Å². The van der Waals surface area contributed by atoms with E-state index in [9.17, 15) is 4.79 Å². The van der Waals surface area contributed by atoms with Crippen molar-refractivity contribution in [2.75, 3.05) is 26.1 Å². The van der Waals surface area contributed by atoms with Crippen molar-refractivity contribution < 1.29 is 14.3 Å². The molecule has 0 aliphatic rings. The zero-order valence-corrected chi connectivity index (χ0v) is 14.3. The first-order valence-electron chi connectivity index (χ1n) is 5.86. The van der Waals surface area contributed by atoms with Gasteiger partial charge in [-0.3, -0.25) is 0 Å². The second kappa shape index (κ2) is 7.87. The van der Waals surface area contributed by atoms with Gasteiger partial charge in [-0.1, -0.05) is 22.9 Å². The third-order valence-corrected chi connectivity index (χ3v) is 3.75. The first kappa shape index (κ1) is 16.5. The van der Waals surface area contributed by atoms with E-state index in [0.717, 1.165) is 21.1 Å². The molecule has 19 heavy (non-hydrogen) atoms. The SMILES string of the molecule is CCC(COC)Nc1c(Br)cc(Br)cc1C(=O)OC.